The van der Waals surface area contributed by atoms with E-state index in [0.29, 0.717) is 0 Å². The molecule has 2 N–H and O–H groups in total. The molecule has 1 aromatic carbocycles. The smallest absolute Gasteiger partial charge is 0.277 e. The summed E-state index contributed by atoms with van der Waals surface area (Å²) in [7, 11) is 0. The van der Waals surface area contributed by atoms with E-state index in [1.54, 1.807) is 0 Å². The van der Waals surface area contributed by atoms with Crippen LogP contribution in [0.1, 0.15) is 10.5 Å². The summed E-state index contributed by atoms with van der Waals surface area (Å²) in [6, 6.07) is 0. The number of aromatic amines is 1. The number of hydrogen-bond acceptors (Lipinski definition) is 3. The molecule has 2 rings (SSSR count). The van der Waals surface area contributed by atoms with Crippen LogP contribution in [0.5, 0.6) is 0 Å². The molecule has 0 aliphatic heterocycles. The fourth-order valence-electron chi connectivity index (χ4n) is 1.20. The van der Waals surface area contributed by atoms with Gasteiger partial charge in [0.25, 0.3) is 5.91 Å². The van der Waals surface area contributed by atoms with Crippen molar-refractivity contribution in [3.63, 3.8) is 0 Å². The van der Waals surface area contributed by atoms with E-state index in [-0.39, 0.29) is 5.69 Å². The number of anilines is 1. The average Bonchev–Trinajstić information content (AvgIpc) is 2.93. The summed E-state index contributed by atoms with van der Waals surface area (Å²) in [6.45, 7) is 0. The molecule has 1 heterocycles. The van der Waals surface area contributed by atoms with Gasteiger partial charge >= 0.3 is 0 Å². The number of hydrogen-bond donors (Lipinski definition) is 2. The minimum absolute atomic E-state index is 0.385. The van der Waals surface area contributed by atoms with Gasteiger partial charge in [-0.3, -0.25) is 4.79 Å². The second-order valence-electron chi connectivity index (χ2n) is 3.25. The van der Waals surface area contributed by atoms with Crippen LogP contribution in [-0.2, 0) is 0 Å². The third-order valence-corrected chi connectivity index (χ3v) is 2.10. The standard InChI is InChI=1S/C9H3F5N4O/c10-3-4(11)6(13)8(7(14)5(3)12)16-9(19)2-1-15-18-17-2/h1H,(H,16,19)(H,15,17,18). The quantitative estimate of drug-likeness (QED) is 0.499. The highest BCUT2D eigenvalue weighted by Gasteiger charge is 2.27. The first kappa shape index (κ1) is 12.9. The molecular formula is C9H3F5N4O. The Hall–Kier alpha value is -2.52. The number of aromatic nitrogens is 3. The van der Waals surface area contributed by atoms with Crippen LogP contribution in [0.4, 0.5) is 27.6 Å². The lowest BCUT2D eigenvalue weighted by atomic mass is 10.2. The molecule has 0 atom stereocenters. The fourth-order valence-corrected chi connectivity index (χ4v) is 1.20. The maximum absolute atomic E-state index is 13.2. The maximum atomic E-state index is 13.2. The molecule has 100 valence electrons. The number of rotatable bonds is 2. The van der Waals surface area contributed by atoms with Gasteiger partial charge in [-0.2, -0.15) is 15.4 Å². The van der Waals surface area contributed by atoms with Crippen molar-refractivity contribution < 1.29 is 26.7 Å². The number of nitrogens with one attached hydrogen (secondary N) is 2. The summed E-state index contributed by atoms with van der Waals surface area (Å²) in [6.07, 6.45) is 0.904. The third-order valence-electron chi connectivity index (χ3n) is 2.10. The molecule has 0 radical (unpaired) electrons. The molecule has 2 aromatic rings. The van der Waals surface area contributed by atoms with Crippen LogP contribution in [0.2, 0.25) is 0 Å². The van der Waals surface area contributed by atoms with E-state index in [0.717, 1.165) is 6.20 Å². The zero-order valence-electron chi connectivity index (χ0n) is 8.77. The Balaban J connectivity index is 2.44. The summed E-state index contributed by atoms with van der Waals surface area (Å²) >= 11 is 0. The second kappa shape index (κ2) is 4.63. The largest absolute Gasteiger partial charge is 0.315 e. The molecule has 0 unspecified atom stereocenters. The van der Waals surface area contributed by atoms with Crippen molar-refractivity contribution in [1.82, 2.24) is 15.4 Å². The van der Waals surface area contributed by atoms with Gasteiger partial charge in [-0.25, -0.2) is 22.0 Å². The number of carbonyl (C=O) groups excluding carboxylic acids is 1. The highest BCUT2D eigenvalue weighted by molar-refractivity contribution is 6.02. The number of benzene rings is 1. The zero-order chi connectivity index (χ0) is 14.2. The number of halogens is 5. The highest BCUT2D eigenvalue weighted by Crippen LogP contribution is 2.27. The summed E-state index contributed by atoms with van der Waals surface area (Å²) in [5.41, 5.74) is -1.84. The van der Waals surface area contributed by atoms with E-state index in [2.05, 4.69) is 10.2 Å². The van der Waals surface area contributed by atoms with E-state index in [1.807, 2.05) is 5.21 Å². The molecule has 0 saturated carbocycles. The molecule has 0 spiro atoms. The second-order valence-corrected chi connectivity index (χ2v) is 3.25. The van der Waals surface area contributed by atoms with Crippen molar-refractivity contribution in [2.24, 2.45) is 0 Å². The Labute approximate surface area is 101 Å². The highest BCUT2D eigenvalue weighted by atomic mass is 19.2. The lowest BCUT2D eigenvalue weighted by Crippen LogP contribution is -2.17. The van der Waals surface area contributed by atoms with Gasteiger partial charge in [0, 0.05) is 0 Å². The molecule has 5 nitrogen and oxygen atoms in total. The molecule has 1 aromatic heterocycles. The van der Waals surface area contributed by atoms with Gasteiger partial charge in [0.05, 0.1) is 6.20 Å². The third kappa shape index (κ3) is 2.11. The van der Waals surface area contributed by atoms with Crippen LogP contribution in [0, 0.1) is 29.1 Å². The number of carbonyl (C=O) groups is 1. The van der Waals surface area contributed by atoms with Crippen LogP contribution < -0.4 is 5.32 Å². The van der Waals surface area contributed by atoms with Crippen LogP contribution in [0.15, 0.2) is 6.20 Å². The van der Waals surface area contributed by atoms with Gasteiger partial charge in [0.1, 0.15) is 5.69 Å². The summed E-state index contributed by atoms with van der Waals surface area (Å²) in [4.78, 5) is 11.4. The van der Waals surface area contributed by atoms with Crippen molar-refractivity contribution in [2.45, 2.75) is 0 Å². The van der Waals surface area contributed by atoms with E-state index in [1.165, 1.54) is 5.32 Å². The SMILES string of the molecule is O=C(Nc1c(F)c(F)c(F)c(F)c1F)c1cn[nH]n1. The first-order valence-corrected chi connectivity index (χ1v) is 4.62. The van der Waals surface area contributed by atoms with Gasteiger partial charge in [0.2, 0.25) is 5.82 Å². The minimum atomic E-state index is -2.31. The molecule has 0 saturated heterocycles. The van der Waals surface area contributed by atoms with Gasteiger partial charge < -0.3 is 5.32 Å². The van der Waals surface area contributed by atoms with Crippen molar-refractivity contribution >= 4 is 11.6 Å². The summed E-state index contributed by atoms with van der Waals surface area (Å²) in [5, 5.41) is 10.1. The first-order valence-electron chi connectivity index (χ1n) is 4.62. The molecule has 1 amide bonds. The lowest BCUT2D eigenvalue weighted by molar-refractivity contribution is 0.102. The topological polar surface area (TPSA) is 70.7 Å². The van der Waals surface area contributed by atoms with E-state index < -0.39 is 40.7 Å². The zero-order valence-corrected chi connectivity index (χ0v) is 8.77. The van der Waals surface area contributed by atoms with Crippen molar-refractivity contribution in [3.05, 3.63) is 41.0 Å². The Kier molecular flexibility index (Phi) is 3.15. The molecule has 0 aliphatic rings. The van der Waals surface area contributed by atoms with Gasteiger partial charge in [-0.1, -0.05) is 0 Å². The molecule has 0 aliphatic carbocycles. The molecular weight excluding hydrogens is 275 g/mol. The van der Waals surface area contributed by atoms with Crippen LogP contribution in [-0.4, -0.2) is 21.3 Å². The van der Waals surface area contributed by atoms with Crippen molar-refractivity contribution in [2.75, 3.05) is 5.32 Å². The predicted octanol–water partition coefficient (Wildman–Crippen LogP) is 1.75. The normalized spacial score (nSPS) is 10.6. The maximum Gasteiger partial charge on any atom is 0.277 e. The van der Waals surface area contributed by atoms with E-state index >= 15 is 0 Å². The minimum Gasteiger partial charge on any atom is -0.315 e. The van der Waals surface area contributed by atoms with Gasteiger partial charge in [0.15, 0.2) is 29.0 Å². The molecule has 10 heteroatoms. The van der Waals surface area contributed by atoms with Crippen molar-refractivity contribution in [1.29, 1.82) is 0 Å². The van der Waals surface area contributed by atoms with E-state index in [4.69, 9.17) is 0 Å². The van der Waals surface area contributed by atoms with Crippen LogP contribution in [0.25, 0.3) is 0 Å². The van der Waals surface area contributed by atoms with Gasteiger partial charge in [-0.15, -0.1) is 0 Å². The number of amides is 1. The average molecular weight is 278 g/mol. The molecule has 0 bridgehead atoms. The van der Waals surface area contributed by atoms with Crippen molar-refractivity contribution in [3.8, 4) is 0 Å². The van der Waals surface area contributed by atoms with Crippen LogP contribution in [0.3, 0.4) is 0 Å². The number of nitrogens with zero attached hydrogens (tertiary/aromatic N) is 2. The summed E-state index contributed by atoms with van der Waals surface area (Å²) in [5.74, 6) is -12.1. The summed E-state index contributed by atoms with van der Waals surface area (Å²) < 4.78 is 64.9. The number of H-pyrrole nitrogens is 1. The molecule has 19 heavy (non-hydrogen) atoms. The Morgan fingerprint density at radius 3 is 2.00 bits per heavy atom. The monoisotopic (exact) mass is 278 g/mol. The van der Waals surface area contributed by atoms with Crippen LogP contribution >= 0.6 is 0 Å². The van der Waals surface area contributed by atoms with E-state index in [9.17, 15) is 26.7 Å². The Morgan fingerprint density at radius 1 is 1.00 bits per heavy atom. The predicted molar refractivity (Wildman–Crippen MR) is 50.6 cm³/mol. The Bertz CT molecular complexity index is 614. The lowest BCUT2D eigenvalue weighted by Gasteiger charge is -2.08. The molecule has 0 fully saturated rings. The first-order chi connectivity index (χ1) is 8.93. The van der Waals surface area contributed by atoms with Gasteiger partial charge in [-0.05, 0) is 0 Å². The Morgan fingerprint density at radius 2 is 1.53 bits per heavy atom. The fraction of sp³-hybridized carbons (Fsp3) is 0.